The molecule has 0 aromatic carbocycles. The van der Waals surface area contributed by atoms with Crippen molar-refractivity contribution in [2.24, 2.45) is 11.7 Å². The molecule has 0 aromatic rings. The zero-order chi connectivity index (χ0) is 11.8. The second-order valence-electron chi connectivity index (χ2n) is 6.41. The standard InChI is InChI=1S/C13H26N2S/c1-12(2)6-7-15(8-9-16-12)10-13(3,14)11-4-5-11/h11H,4-10,14H2,1-3H3. The third kappa shape index (κ3) is 3.38. The van der Waals surface area contributed by atoms with Crippen LogP contribution in [-0.4, -0.2) is 40.6 Å². The lowest BCUT2D eigenvalue weighted by Gasteiger charge is -2.32. The van der Waals surface area contributed by atoms with Crippen LogP contribution in [0.2, 0.25) is 0 Å². The molecule has 1 unspecified atom stereocenters. The van der Waals surface area contributed by atoms with Gasteiger partial charge in [-0.3, -0.25) is 0 Å². The van der Waals surface area contributed by atoms with Crippen molar-refractivity contribution < 1.29 is 0 Å². The van der Waals surface area contributed by atoms with E-state index in [0.29, 0.717) is 4.75 Å². The minimum absolute atomic E-state index is 0.0547. The van der Waals surface area contributed by atoms with Crippen LogP contribution in [0.25, 0.3) is 0 Å². The Morgan fingerprint density at radius 2 is 2.06 bits per heavy atom. The summed E-state index contributed by atoms with van der Waals surface area (Å²) < 4.78 is 0.458. The number of thioether (sulfide) groups is 1. The van der Waals surface area contributed by atoms with Crippen LogP contribution in [0.1, 0.15) is 40.0 Å². The molecule has 1 aliphatic carbocycles. The SMILES string of the molecule is CC1(C)CCN(CC(C)(N)C2CC2)CCS1. The van der Waals surface area contributed by atoms with Gasteiger partial charge in [-0.1, -0.05) is 13.8 Å². The van der Waals surface area contributed by atoms with Crippen LogP contribution in [0.15, 0.2) is 0 Å². The quantitative estimate of drug-likeness (QED) is 0.823. The van der Waals surface area contributed by atoms with Gasteiger partial charge >= 0.3 is 0 Å². The van der Waals surface area contributed by atoms with E-state index in [2.05, 4.69) is 37.4 Å². The summed E-state index contributed by atoms with van der Waals surface area (Å²) in [7, 11) is 0. The molecule has 0 radical (unpaired) electrons. The van der Waals surface area contributed by atoms with Gasteiger partial charge in [-0.25, -0.2) is 0 Å². The fourth-order valence-electron chi connectivity index (χ4n) is 2.57. The second-order valence-corrected chi connectivity index (χ2v) is 8.22. The molecule has 2 aliphatic rings. The average Bonchev–Trinajstić information content (AvgIpc) is 2.94. The van der Waals surface area contributed by atoms with Gasteiger partial charge in [0.1, 0.15) is 0 Å². The smallest absolute Gasteiger partial charge is 0.0283 e. The first-order valence-corrected chi connectivity index (χ1v) is 7.53. The summed E-state index contributed by atoms with van der Waals surface area (Å²) in [5, 5.41) is 0. The Bertz CT molecular complexity index is 246. The minimum atomic E-state index is 0.0547. The fraction of sp³-hybridized carbons (Fsp3) is 1.00. The molecule has 1 atom stereocenters. The zero-order valence-electron chi connectivity index (χ0n) is 11.0. The van der Waals surface area contributed by atoms with Gasteiger partial charge in [-0.2, -0.15) is 11.8 Å². The number of rotatable bonds is 3. The number of hydrogen-bond donors (Lipinski definition) is 1. The maximum Gasteiger partial charge on any atom is 0.0283 e. The summed E-state index contributed by atoms with van der Waals surface area (Å²) in [6.45, 7) is 10.5. The Morgan fingerprint density at radius 1 is 1.38 bits per heavy atom. The van der Waals surface area contributed by atoms with Crippen molar-refractivity contribution in [1.82, 2.24) is 4.90 Å². The molecule has 0 aromatic heterocycles. The van der Waals surface area contributed by atoms with Crippen molar-refractivity contribution in [2.75, 3.05) is 25.4 Å². The third-order valence-electron chi connectivity index (χ3n) is 4.00. The topological polar surface area (TPSA) is 29.3 Å². The summed E-state index contributed by atoms with van der Waals surface area (Å²) in [6.07, 6.45) is 3.99. The summed E-state index contributed by atoms with van der Waals surface area (Å²) in [5.74, 6) is 2.05. The van der Waals surface area contributed by atoms with Gasteiger partial charge in [-0.05, 0) is 38.6 Å². The van der Waals surface area contributed by atoms with Crippen molar-refractivity contribution in [2.45, 2.75) is 50.3 Å². The number of nitrogens with zero attached hydrogens (tertiary/aromatic N) is 1. The minimum Gasteiger partial charge on any atom is -0.324 e. The molecular formula is C13H26N2S. The van der Waals surface area contributed by atoms with Gasteiger partial charge < -0.3 is 10.6 Å². The van der Waals surface area contributed by atoms with E-state index in [9.17, 15) is 0 Å². The van der Waals surface area contributed by atoms with E-state index in [1.807, 2.05) is 0 Å². The molecule has 0 amide bonds. The lowest BCUT2D eigenvalue weighted by Crippen LogP contribution is -2.50. The lowest BCUT2D eigenvalue weighted by molar-refractivity contribution is 0.209. The van der Waals surface area contributed by atoms with Crippen LogP contribution in [0, 0.1) is 5.92 Å². The van der Waals surface area contributed by atoms with Gasteiger partial charge in [0.25, 0.3) is 0 Å². The van der Waals surface area contributed by atoms with Crippen LogP contribution in [0.4, 0.5) is 0 Å². The monoisotopic (exact) mass is 242 g/mol. The molecule has 1 saturated heterocycles. The first kappa shape index (κ1) is 12.7. The van der Waals surface area contributed by atoms with E-state index < -0.39 is 0 Å². The Labute approximate surface area is 104 Å². The molecule has 2 fully saturated rings. The molecule has 0 bridgehead atoms. The van der Waals surface area contributed by atoms with Crippen LogP contribution in [0.3, 0.4) is 0 Å². The second kappa shape index (κ2) is 4.51. The van der Waals surface area contributed by atoms with Gasteiger partial charge in [0.05, 0.1) is 0 Å². The van der Waals surface area contributed by atoms with E-state index in [0.717, 1.165) is 12.5 Å². The van der Waals surface area contributed by atoms with Crippen molar-refractivity contribution in [3.8, 4) is 0 Å². The first-order valence-electron chi connectivity index (χ1n) is 6.54. The van der Waals surface area contributed by atoms with Gasteiger partial charge in [0, 0.05) is 29.1 Å². The molecule has 94 valence electrons. The number of nitrogens with two attached hydrogens (primary N) is 1. The Hall–Kier alpha value is 0.270. The summed E-state index contributed by atoms with van der Waals surface area (Å²) in [6, 6.07) is 0. The highest BCUT2D eigenvalue weighted by Crippen LogP contribution is 2.39. The van der Waals surface area contributed by atoms with Crippen molar-refractivity contribution in [3.63, 3.8) is 0 Å². The van der Waals surface area contributed by atoms with Crippen LogP contribution >= 0.6 is 11.8 Å². The highest BCUT2D eigenvalue weighted by Gasteiger charge is 2.39. The highest BCUT2D eigenvalue weighted by molar-refractivity contribution is 8.00. The maximum atomic E-state index is 6.42. The Balaban J connectivity index is 1.85. The van der Waals surface area contributed by atoms with Gasteiger partial charge in [-0.15, -0.1) is 0 Å². The summed E-state index contributed by atoms with van der Waals surface area (Å²) in [4.78, 5) is 2.58. The predicted octanol–water partition coefficient (Wildman–Crippen LogP) is 2.33. The molecule has 1 heterocycles. The highest BCUT2D eigenvalue weighted by atomic mass is 32.2. The van der Waals surface area contributed by atoms with Crippen LogP contribution < -0.4 is 5.73 Å². The van der Waals surface area contributed by atoms with Crippen molar-refractivity contribution >= 4 is 11.8 Å². The fourth-order valence-corrected chi connectivity index (χ4v) is 3.71. The molecule has 2 rings (SSSR count). The molecule has 1 saturated carbocycles. The molecule has 16 heavy (non-hydrogen) atoms. The molecule has 2 N–H and O–H groups in total. The average molecular weight is 242 g/mol. The van der Waals surface area contributed by atoms with Crippen molar-refractivity contribution in [3.05, 3.63) is 0 Å². The normalized spacial score (nSPS) is 30.8. The van der Waals surface area contributed by atoms with E-state index in [4.69, 9.17) is 5.73 Å². The summed E-state index contributed by atoms with van der Waals surface area (Å²) in [5.41, 5.74) is 6.48. The van der Waals surface area contributed by atoms with Gasteiger partial charge in [0.15, 0.2) is 0 Å². The first-order chi connectivity index (χ1) is 7.39. The van der Waals surface area contributed by atoms with E-state index in [-0.39, 0.29) is 5.54 Å². The molecular weight excluding hydrogens is 216 g/mol. The lowest BCUT2D eigenvalue weighted by atomic mass is 9.96. The van der Waals surface area contributed by atoms with E-state index >= 15 is 0 Å². The van der Waals surface area contributed by atoms with E-state index in [1.165, 1.54) is 38.1 Å². The maximum absolute atomic E-state index is 6.42. The predicted molar refractivity (Wildman–Crippen MR) is 72.9 cm³/mol. The summed E-state index contributed by atoms with van der Waals surface area (Å²) >= 11 is 2.11. The van der Waals surface area contributed by atoms with Crippen LogP contribution in [0.5, 0.6) is 0 Å². The largest absolute Gasteiger partial charge is 0.324 e. The van der Waals surface area contributed by atoms with Crippen LogP contribution in [-0.2, 0) is 0 Å². The zero-order valence-corrected chi connectivity index (χ0v) is 11.8. The van der Waals surface area contributed by atoms with E-state index in [1.54, 1.807) is 0 Å². The van der Waals surface area contributed by atoms with Crippen molar-refractivity contribution in [1.29, 1.82) is 0 Å². The molecule has 2 nitrogen and oxygen atoms in total. The molecule has 3 heteroatoms. The molecule has 1 aliphatic heterocycles. The Kier molecular flexibility index (Phi) is 3.58. The van der Waals surface area contributed by atoms with Gasteiger partial charge in [0.2, 0.25) is 0 Å². The molecule has 0 spiro atoms. The Morgan fingerprint density at radius 3 is 2.69 bits per heavy atom. The third-order valence-corrected chi connectivity index (χ3v) is 5.38. The number of hydrogen-bond acceptors (Lipinski definition) is 3.